The summed E-state index contributed by atoms with van der Waals surface area (Å²) in [6, 6.07) is 15.1. The van der Waals surface area contributed by atoms with Crippen molar-refractivity contribution < 1.29 is 9.53 Å². The van der Waals surface area contributed by atoms with E-state index in [9.17, 15) is 4.79 Å². The van der Waals surface area contributed by atoms with Gasteiger partial charge in [0.15, 0.2) is 0 Å². The molecular formula is C18H14ClN3O2. The lowest BCUT2D eigenvalue weighted by Gasteiger charge is -2.17. The number of aromatic nitrogens is 2. The van der Waals surface area contributed by atoms with E-state index < -0.39 is 0 Å². The minimum Gasteiger partial charge on any atom is -0.488 e. The van der Waals surface area contributed by atoms with Crippen LogP contribution in [0.1, 0.15) is 21.6 Å². The van der Waals surface area contributed by atoms with Crippen LogP contribution in [0.5, 0.6) is 5.75 Å². The number of H-pyrrole nitrogens is 1. The van der Waals surface area contributed by atoms with Gasteiger partial charge in [0.25, 0.3) is 5.91 Å². The van der Waals surface area contributed by atoms with E-state index in [0.29, 0.717) is 23.9 Å². The Balaban J connectivity index is 1.57. The minimum absolute atomic E-state index is 0.230. The second kappa shape index (κ2) is 6.02. The summed E-state index contributed by atoms with van der Waals surface area (Å²) in [6.07, 6.45) is 0. The molecule has 2 aromatic carbocycles. The lowest BCUT2D eigenvalue weighted by Crippen LogP contribution is -2.25. The predicted molar refractivity (Wildman–Crippen MR) is 91.0 cm³/mol. The molecule has 4 rings (SSSR count). The quantitative estimate of drug-likeness (QED) is 0.766. The Morgan fingerprint density at radius 1 is 1.21 bits per heavy atom. The molecule has 0 radical (unpaired) electrons. The Morgan fingerprint density at radius 2 is 2.00 bits per heavy atom. The number of nitrogens with zero attached hydrogens (tertiary/aromatic N) is 1. The average Bonchev–Trinajstić information content (AvgIpc) is 3.05. The summed E-state index contributed by atoms with van der Waals surface area (Å²) in [5.74, 6) is 0.547. The van der Waals surface area contributed by atoms with Gasteiger partial charge in [0.1, 0.15) is 23.7 Å². The molecule has 2 heterocycles. The molecular weight excluding hydrogens is 326 g/mol. The van der Waals surface area contributed by atoms with E-state index in [-0.39, 0.29) is 5.91 Å². The number of amides is 1. The molecule has 5 nitrogen and oxygen atoms in total. The molecule has 3 aromatic rings. The molecule has 1 aromatic heterocycles. The maximum absolute atomic E-state index is 12.5. The van der Waals surface area contributed by atoms with Crippen molar-refractivity contribution in [2.45, 2.75) is 13.2 Å². The summed E-state index contributed by atoms with van der Waals surface area (Å²) in [6.45, 7) is 0.668. The number of halogens is 1. The lowest BCUT2D eigenvalue weighted by atomic mass is 10.0. The van der Waals surface area contributed by atoms with Crippen molar-refractivity contribution in [1.29, 1.82) is 0 Å². The highest BCUT2D eigenvalue weighted by molar-refractivity contribution is 6.31. The van der Waals surface area contributed by atoms with E-state index in [1.165, 1.54) is 0 Å². The van der Waals surface area contributed by atoms with Crippen LogP contribution in [0.4, 0.5) is 0 Å². The lowest BCUT2D eigenvalue weighted by molar-refractivity contribution is 0.0943. The molecule has 1 amide bonds. The Hall–Kier alpha value is -2.79. The van der Waals surface area contributed by atoms with Crippen LogP contribution < -0.4 is 10.1 Å². The Kier molecular flexibility index (Phi) is 3.70. The maximum atomic E-state index is 12.5. The number of para-hydroxylation sites is 1. The predicted octanol–water partition coefficient (Wildman–Crippen LogP) is 3.55. The van der Waals surface area contributed by atoms with Crippen LogP contribution in [0.2, 0.25) is 5.02 Å². The second-order valence-electron chi connectivity index (χ2n) is 5.48. The molecule has 6 heteroatoms. The van der Waals surface area contributed by atoms with Crippen molar-refractivity contribution in [3.8, 4) is 17.0 Å². The highest BCUT2D eigenvalue weighted by Crippen LogP contribution is 2.36. The van der Waals surface area contributed by atoms with Gasteiger partial charge in [0, 0.05) is 22.7 Å². The van der Waals surface area contributed by atoms with Crippen LogP contribution in [-0.2, 0) is 13.2 Å². The zero-order chi connectivity index (χ0) is 16.5. The van der Waals surface area contributed by atoms with Gasteiger partial charge in [-0.15, -0.1) is 0 Å². The molecule has 2 N–H and O–H groups in total. The first kappa shape index (κ1) is 14.8. The van der Waals surface area contributed by atoms with Gasteiger partial charge >= 0.3 is 0 Å². The normalized spacial score (nSPS) is 12.0. The monoisotopic (exact) mass is 339 g/mol. The van der Waals surface area contributed by atoms with Gasteiger partial charge in [-0.2, -0.15) is 5.10 Å². The summed E-state index contributed by atoms with van der Waals surface area (Å²) < 4.78 is 5.72. The zero-order valence-corrected chi connectivity index (χ0v) is 13.4. The maximum Gasteiger partial charge on any atom is 0.270 e. The summed E-state index contributed by atoms with van der Waals surface area (Å²) in [5.41, 5.74) is 3.71. The molecule has 1 aliphatic rings. The number of nitrogens with one attached hydrogen (secondary N) is 2. The molecule has 0 fully saturated rings. The third kappa shape index (κ3) is 2.53. The number of hydrogen-bond acceptors (Lipinski definition) is 3. The van der Waals surface area contributed by atoms with Gasteiger partial charge in [0.2, 0.25) is 0 Å². The largest absolute Gasteiger partial charge is 0.488 e. The third-order valence-corrected chi connectivity index (χ3v) is 4.37. The first-order chi connectivity index (χ1) is 11.7. The van der Waals surface area contributed by atoms with Crippen LogP contribution in [-0.4, -0.2) is 16.1 Å². The van der Waals surface area contributed by atoms with Crippen molar-refractivity contribution in [1.82, 2.24) is 15.5 Å². The van der Waals surface area contributed by atoms with Crippen LogP contribution in [0.25, 0.3) is 11.3 Å². The third-order valence-electron chi connectivity index (χ3n) is 4.01. The van der Waals surface area contributed by atoms with Gasteiger partial charge < -0.3 is 10.1 Å². The van der Waals surface area contributed by atoms with Crippen molar-refractivity contribution in [3.63, 3.8) is 0 Å². The van der Waals surface area contributed by atoms with Crippen LogP contribution >= 0.6 is 11.6 Å². The molecule has 0 bridgehead atoms. The first-order valence-electron chi connectivity index (χ1n) is 7.55. The molecule has 0 spiro atoms. The van der Waals surface area contributed by atoms with Gasteiger partial charge in [-0.05, 0) is 23.8 Å². The summed E-state index contributed by atoms with van der Waals surface area (Å²) in [4.78, 5) is 12.5. The molecule has 0 unspecified atom stereocenters. The van der Waals surface area contributed by atoms with Gasteiger partial charge in [-0.1, -0.05) is 41.9 Å². The number of benzene rings is 2. The molecule has 0 atom stereocenters. The zero-order valence-electron chi connectivity index (χ0n) is 12.7. The molecule has 0 aliphatic carbocycles. The highest BCUT2D eigenvalue weighted by Gasteiger charge is 2.26. The molecule has 0 saturated heterocycles. The van der Waals surface area contributed by atoms with Crippen molar-refractivity contribution in [3.05, 3.63) is 70.4 Å². The van der Waals surface area contributed by atoms with Crippen LogP contribution in [0.15, 0.2) is 48.5 Å². The fourth-order valence-corrected chi connectivity index (χ4v) is 2.96. The number of ether oxygens (including phenoxy) is 1. The summed E-state index contributed by atoms with van der Waals surface area (Å²) in [7, 11) is 0. The van der Waals surface area contributed by atoms with E-state index in [1.54, 1.807) is 6.07 Å². The van der Waals surface area contributed by atoms with Gasteiger partial charge in [-0.25, -0.2) is 0 Å². The van der Waals surface area contributed by atoms with E-state index in [1.807, 2.05) is 42.5 Å². The number of rotatable bonds is 3. The number of hydrogen-bond donors (Lipinski definition) is 2. The van der Waals surface area contributed by atoms with Gasteiger partial charge in [0.05, 0.1) is 0 Å². The molecule has 1 aliphatic heterocycles. The van der Waals surface area contributed by atoms with Gasteiger partial charge in [-0.3, -0.25) is 9.89 Å². The van der Waals surface area contributed by atoms with Crippen LogP contribution in [0.3, 0.4) is 0 Å². The van der Waals surface area contributed by atoms with E-state index in [2.05, 4.69) is 15.5 Å². The van der Waals surface area contributed by atoms with E-state index in [0.717, 1.165) is 28.1 Å². The molecule has 0 saturated carbocycles. The average molecular weight is 340 g/mol. The Morgan fingerprint density at radius 3 is 2.88 bits per heavy atom. The number of carbonyl (C=O) groups is 1. The fraction of sp³-hybridized carbons (Fsp3) is 0.111. The molecule has 24 heavy (non-hydrogen) atoms. The smallest absolute Gasteiger partial charge is 0.270 e. The standard InChI is InChI=1S/C18H14ClN3O2/c19-14-7-3-1-5-11(14)9-20-18(23)17-13-10-24-15-8-4-2-6-12(15)16(13)21-22-17/h1-8H,9-10H2,(H,20,23)(H,21,22). The van der Waals surface area contributed by atoms with Crippen LogP contribution in [0, 0.1) is 0 Å². The number of fused-ring (bicyclic) bond motifs is 3. The van der Waals surface area contributed by atoms with E-state index >= 15 is 0 Å². The minimum atomic E-state index is -0.230. The van der Waals surface area contributed by atoms with E-state index in [4.69, 9.17) is 16.3 Å². The summed E-state index contributed by atoms with van der Waals surface area (Å²) >= 11 is 6.11. The van der Waals surface area contributed by atoms with Crippen molar-refractivity contribution in [2.24, 2.45) is 0 Å². The van der Waals surface area contributed by atoms with Crippen molar-refractivity contribution >= 4 is 17.5 Å². The Bertz CT molecular complexity index is 920. The first-order valence-corrected chi connectivity index (χ1v) is 7.93. The Labute approximate surface area is 143 Å². The SMILES string of the molecule is O=C(NCc1ccccc1Cl)c1[nH]nc2c1COc1ccccc1-2. The van der Waals surface area contributed by atoms with Crippen molar-refractivity contribution in [2.75, 3.05) is 0 Å². The number of carbonyl (C=O) groups excluding carboxylic acids is 1. The highest BCUT2D eigenvalue weighted by atomic mass is 35.5. The molecule has 120 valence electrons. The number of aromatic amines is 1. The second-order valence-corrected chi connectivity index (χ2v) is 5.89. The fourth-order valence-electron chi connectivity index (χ4n) is 2.76. The summed E-state index contributed by atoms with van der Waals surface area (Å²) in [5, 5.41) is 10.6. The topological polar surface area (TPSA) is 67.0 Å².